The summed E-state index contributed by atoms with van der Waals surface area (Å²) in [5, 5.41) is 9.79. The molecule has 1 saturated heterocycles. The van der Waals surface area contributed by atoms with Crippen LogP contribution in [0, 0.1) is 11.8 Å². The summed E-state index contributed by atoms with van der Waals surface area (Å²) in [5.41, 5.74) is 0. The summed E-state index contributed by atoms with van der Waals surface area (Å²) in [7, 11) is 0. The molecule has 0 radical (unpaired) electrons. The molecule has 3 atom stereocenters. The van der Waals surface area contributed by atoms with Crippen LogP contribution < -0.4 is 0 Å². The normalized spacial score (nSPS) is 36.0. The summed E-state index contributed by atoms with van der Waals surface area (Å²) >= 11 is 4.22. The molecule has 1 N–H and O–H groups in total. The first kappa shape index (κ1) is 11.7. The van der Waals surface area contributed by atoms with Gasteiger partial charge in [-0.2, -0.15) is 12.6 Å². The zero-order chi connectivity index (χ0) is 10.7. The van der Waals surface area contributed by atoms with Crippen molar-refractivity contribution in [2.75, 3.05) is 25.4 Å². The molecule has 0 spiro atoms. The molecule has 0 aromatic heterocycles. The summed E-state index contributed by atoms with van der Waals surface area (Å²) < 4.78 is 0. The molecule has 3 unspecified atom stereocenters. The predicted octanol–water partition coefficient (Wildman–Crippen LogP) is 1.79. The average molecular weight is 229 g/mol. The molecule has 1 heterocycles. The molecule has 15 heavy (non-hydrogen) atoms. The maximum atomic E-state index is 9.79. The number of unbranched alkanes of at least 4 members (excludes halogenated alkanes) is 2. The second-order valence-corrected chi connectivity index (χ2v) is 5.56. The van der Waals surface area contributed by atoms with E-state index in [4.69, 9.17) is 0 Å². The molecular weight excluding hydrogens is 206 g/mol. The van der Waals surface area contributed by atoms with E-state index in [-0.39, 0.29) is 6.10 Å². The van der Waals surface area contributed by atoms with Gasteiger partial charge < -0.3 is 10.0 Å². The van der Waals surface area contributed by atoms with Gasteiger partial charge in [0.05, 0.1) is 6.10 Å². The van der Waals surface area contributed by atoms with E-state index in [1.165, 1.54) is 38.8 Å². The highest BCUT2D eigenvalue weighted by atomic mass is 32.1. The first-order chi connectivity index (χ1) is 7.31. The minimum atomic E-state index is -0.00237. The van der Waals surface area contributed by atoms with E-state index in [1.807, 2.05) is 0 Å². The van der Waals surface area contributed by atoms with Crippen molar-refractivity contribution in [3.05, 3.63) is 0 Å². The molecule has 2 rings (SSSR count). The molecule has 0 aromatic rings. The molecule has 88 valence electrons. The Bertz CT molecular complexity index is 200. The lowest BCUT2D eigenvalue weighted by atomic mass is 10.00. The van der Waals surface area contributed by atoms with Gasteiger partial charge in [0.25, 0.3) is 0 Å². The Morgan fingerprint density at radius 2 is 2.00 bits per heavy atom. The molecule has 0 bridgehead atoms. The highest BCUT2D eigenvalue weighted by Crippen LogP contribution is 2.37. The van der Waals surface area contributed by atoms with Gasteiger partial charge in [-0.15, -0.1) is 0 Å². The molecule has 2 aliphatic rings. The molecule has 2 fully saturated rings. The summed E-state index contributed by atoms with van der Waals surface area (Å²) in [6.45, 7) is 3.61. The first-order valence-corrected chi connectivity index (χ1v) is 6.96. The van der Waals surface area contributed by atoms with Crippen molar-refractivity contribution < 1.29 is 5.11 Å². The van der Waals surface area contributed by atoms with Gasteiger partial charge in [0.2, 0.25) is 0 Å². The topological polar surface area (TPSA) is 23.5 Å². The van der Waals surface area contributed by atoms with E-state index >= 15 is 0 Å². The van der Waals surface area contributed by atoms with Crippen LogP contribution in [-0.2, 0) is 0 Å². The number of hydrogen-bond acceptors (Lipinski definition) is 3. The van der Waals surface area contributed by atoms with E-state index in [2.05, 4.69) is 17.5 Å². The van der Waals surface area contributed by atoms with Crippen molar-refractivity contribution in [1.82, 2.24) is 4.90 Å². The molecule has 1 aliphatic carbocycles. The fourth-order valence-corrected chi connectivity index (χ4v) is 3.36. The van der Waals surface area contributed by atoms with Gasteiger partial charge in [-0.3, -0.25) is 0 Å². The van der Waals surface area contributed by atoms with Gasteiger partial charge in [-0.25, -0.2) is 0 Å². The summed E-state index contributed by atoms with van der Waals surface area (Å²) in [6.07, 6.45) is 6.14. The smallest absolute Gasteiger partial charge is 0.0583 e. The molecule has 1 saturated carbocycles. The van der Waals surface area contributed by atoms with Crippen LogP contribution in [0.2, 0.25) is 0 Å². The summed E-state index contributed by atoms with van der Waals surface area (Å²) in [6, 6.07) is 0. The Labute approximate surface area is 98.5 Å². The van der Waals surface area contributed by atoms with Crippen molar-refractivity contribution in [3.63, 3.8) is 0 Å². The number of aliphatic hydroxyl groups is 1. The number of nitrogens with zero attached hydrogens (tertiary/aromatic N) is 1. The first-order valence-electron chi connectivity index (χ1n) is 6.32. The number of fused-ring (bicyclic) bond motifs is 1. The third-order valence-electron chi connectivity index (χ3n) is 4.03. The van der Waals surface area contributed by atoms with Crippen LogP contribution in [0.5, 0.6) is 0 Å². The molecule has 0 amide bonds. The molecular formula is C12H23NOS. The Morgan fingerprint density at radius 3 is 2.73 bits per heavy atom. The number of hydrogen-bond donors (Lipinski definition) is 2. The van der Waals surface area contributed by atoms with Gasteiger partial charge in [0.15, 0.2) is 0 Å². The fraction of sp³-hybridized carbons (Fsp3) is 1.00. The van der Waals surface area contributed by atoms with Gasteiger partial charge in [-0.1, -0.05) is 6.42 Å². The Morgan fingerprint density at radius 1 is 1.13 bits per heavy atom. The highest BCUT2D eigenvalue weighted by molar-refractivity contribution is 7.80. The second-order valence-electron chi connectivity index (χ2n) is 5.11. The average Bonchev–Trinajstić information content (AvgIpc) is 2.76. The molecule has 3 heteroatoms. The lowest BCUT2D eigenvalue weighted by Crippen LogP contribution is -2.25. The van der Waals surface area contributed by atoms with E-state index < -0.39 is 0 Å². The number of thiol groups is 1. The molecule has 1 aliphatic heterocycles. The maximum absolute atomic E-state index is 9.79. The lowest BCUT2D eigenvalue weighted by molar-refractivity contribution is 0.124. The van der Waals surface area contributed by atoms with Crippen molar-refractivity contribution in [2.45, 2.75) is 38.2 Å². The number of likely N-dealkylation sites (tertiary alicyclic amines) is 1. The lowest BCUT2D eigenvalue weighted by Gasteiger charge is -2.17. The monoisotopic (exact) mass is 229 g/mol. The van der Waals surface area contributed by atoms with Gasteiger partial charge in [0, 0.05) is 19.0 Å². The van der Waals surface area contributed by atoms with Gasteiger partial charge in [-0.05, 0) is 43.9 Å². The summed E-state index contributed by atoms with van der Waals surface area (Å²) in [5.74, 6) is 2.41. The van der Waals surface area contributed by atoms with E-state index in [0.29, 0.717) is 5.92 Å². The van der Waals surface area contributed by atoms with Crippen molar-refractivity contribution in [2.24, 2.45) is 11.8 Å². The van der Waals surface area contributed by atoms with Crippen LogP contribution in [0.3, 0.4) is 0 Å². The van der Waals surface area contributed by atoms with Gasteiger partial charge in [0.1, 0.15) is 0 Å². The number of rotatable bonds is 5. The third kappa shape index (κ3) is 2.89. The highest BCUT2D eigenvalue weighted by Gasteiger charge is 2.41. The molecule has 0 aromatic carbocycles. The van der Waals surface area contributed by atoms with E-state index in [0.717, 1.165) is 24.6 Å². The van der Waals surface area contributed by atoms with Crippen LogP contribution in [0.25, 0.3) is 0 Å². The van der Waals surface area contributed by atoms with Crippen LogP contribution >= 0.6 is 12.6 Å². The number of aliphatic hydroxyl groups excluding tert-OH is 1. The molecule has 2 nitrogen and oxygen atoms in total. The standard InChI is InChI=1S/C12H23NOS/c14-12-5-4-10-8-13(9-11(10)12)6-2-1-3-7-15/h10-12,14-15H,1-9H2. The Hall–Kier alpha value is 0.270. The minimum Gasteiger partial charge on any atom is -0.393 e. The van der Waals surface area contributed by atoms with Crippen molar-refractivity contribution in [3.8, 4) is 0 Å². The Balaban J connectivity index is 1.65. The fourth-order valence-electron chi connectivity index (χ4n) is 3.14. The van der Waals surface area contributed by atoms with Crippen molar-refractivity contribution in [1.29, 1.82) is 0 Å². The minimum absolute atomic E-state index is 0.00237. The zero-order valence-corrected chi connectivity index (χ0v) is 10.3. The van der Waals surface area contributed by atoms with Crippen LogP contribution in [0.1, 0.15) is 32.1 Å². The van der Waals surface area contributed by atoms with Crippen molar-refractivity contribution >= 4 is 12.6 Å². The second kappa shape index (κ2) is 5.55. The third-order valence-corrected chi connectivity index (χ3v) is 4.34. The van der Waals surface area contributed by atoms with E-state index in [1.54, 1.807) is 0 Å². The van der Waals surface area contributed by atoms with E-state index in [9.17, 15) is 5.11 Å². The van der Waals surface area contributed by atoms with Gasteiger partial charge >= 0.3 is 0 Å². The zero-order valence-electron chi connectivity index (χ0n) is 9.44. The largest absolute Gasteiger partial charge is 0.393 e. The van der Waals surface area contributed by atoms with Crippen LogP contribution in [0.4, 0.5) is 0 Å². The van der Waals surface area contributed by atoms with Crippen LogP contribution in [0.15, 0.2) is 0 Å². The SMILES string of the molecule is OC1CCC2CN(CCCCCS)CC12. The predicted molar refractivity (Wildman–Crippen MR) is 66.4 cm³/mol. The summed E-state index contributed by atoms with van der Waals surface area (Å²) in [4.78, 5) is 2.55. The Kier molecular flexibility index (Phi) is 4.35. The maximum Gasteiger partial charge on any atom is 0.0583 e. The van der Waals surface area contributed by atoms with Crippen LogP contribution in [-0.4, -0.2) is 41.5 Å². The quantitative estimate of drug-likeness (QED) is 0.554.